The van der Waals surface area contributed by atoms with Crippen molar-refractivity contribution in [2.24, 2.45) is 0 Å². The van der Waals surface area contributed by atoms with Crippen LogP contribution in [0.1, 0.15) is 10.4 Å². The molecule has 0 aliphatic heterocycles. The Kier molecular flexibility index (Phi) is 4.79. The van der Waals surface area contributed by atoms with Crippen LogP contribution in [0, 0.1) is 10.1 Å². The van der Waals surface area contributed by atoms with Crippen molar-refractivity contribution >= 4 is 29.2 Å². The number of halogens is 1. The first-order chi connectivity index (χ1) is 8.82. The molecule has 0 fully saturated rings. The van der Waals surface area contributed by atoms with Gasteiger partial charge in [-0.1, -0.05) is 11.6 Å². The molecule has 8 nitrogen and oxygen atoms in total. The summed E-state index contributed by atoms with van der Waals surface area (Å²) in [6.07, 6.45) is -1.76. The number of carboxylic acid groups (broad SMARTS) is 1. The summed E-state index contributed by atoms with van der Waals surface area (Å²) in [5.74, 6) is -2.31. The van der Waals surface area contributed by atoms with Gasteiger partial charge in [0.15, 0.2) is 6.10 Å². The fourth-order valence-corrected chi connectivity index (χ4v) is 1.38. The topological polar surface area (TPSA) is 130 Å². The van der Waals surface area contributed by atoms with Crippen molar-refractivity contribution < 1.29 is 24.7 Å². The molecule has 0 heterocycles. The van der Waals surface area contributed by atoms with Crippen LogP contribution >= 0.6 is 11.6 Å². The van der Waals surface area contributed by atoms with E-state index in [1.54, 1.807) is 0 Å². The lowest BCUT2D eigenvalue weighted by atomic mass is 10.2. The molecule has 19 heavy (non-hydrogen) atoms. The molecular formula is C10H9ClN2O6. The minimum atomic E-state index is -1.76. The molecule has 1 amide bonds. The van der Waals surface area contributed by atoms with Crippen molar-refractivity contribution in [1.29, 1.82) is 0 Å². The molecular weight excluding hydrogens is 280 g/mol. The Labute approximate surface area is 111 Å². The SMILES string of the molecule is O=C(NC[C@H](O)C(=O)O)c1cc([N+](=O)[O-])ccc1Cl. The summed E-state index contributed by atoms with van der Waals surface area (Å²) in [7, 11) is 0. The molecule has 0 saturated carbocycles. The second-order valence-corrected chi connectivity index (χ2v) is 3.89. The van der Waals surface area contributed by atoms with Gasteiger partial charge in [-0.3, -0.25) is 14.9 Å². The van der Waals surface area contributed by atoms with Crippen LogP contribution in [0.5, 0.6) is 0 Å². The highest BCUT2D eigenvalue weighted by Crippen LogP contribution is 2.21. The molecule has 102 valence electrons. The van der Waals surface area contributed by atoms with Gasteiger partial charge in [0.05, 0.1) is 22.1 Å². The second kappa shape index (κ2) is 6.12. The number of aliphatic carboxylic acids is 1. The third-order valence-electron chi connectivity index (χ3n) is 2.15. The van der Waals surface area contributed by atoms with Gasteiger partial charge in [-0.05, 0) is 6.07 Å². The van der Waals surface area contributed by atoms with E-state index in [1.807, 2.05) is 0 Å². The summed E-state index contributed by atoms with van der Waals surface area (Å²) in [5, 5.41) is 30.0. The monoisotopic (exact) mass is 288 g/mol. The molecule has 3 N–H and O–H groups in total. The number of aliphatic hydroxyl groups excluding tert-OH is 1. The van der Waals surface area contributed by atoms with E-state index >= 15 is 0 Å². The quantitative estimate of drug-likeness (QED) is 0.532. The number of rotatable bonds is 5. The Bertz CT molecular complexity index is 533. The summed E-state index contributed by atoms with van der Waals surface area (Å²) >= 11 is 5.71. The number of non-ortho nitro benzene ring substituents is 1. The standard InChI is InChI=1S/C10H9ClN2O6/c11-7-2-1-5(13(18)19)3-6(7)9(15)12-4-8(14)10(16)17/h1-3,8,14H,4H2,(H,12,15)(H,16,17)/t8-/m0/s1. The summed E-state index contributed by atoms with van der Waals surface area (Å²) < 4.78 is 0. The highest BCUT2D eigenvalue weighted by atomic mass is 35.5. The fraction of sp³-hybridized carbons (Fsp3) is 0.200. The van der Waals surface area contributed by atoms with Gasteiger partial charge >= 0.3 is 5.97 Å². The molecule has 9 heteroatoms. The lowest BCUT2D eigenvalue weighted by Crippen LogP contribution is -2.36. The number of benzene rings is 1. The number of amides is 1. The number of carbonyl (C=O) groups excluding carboxylic acids is 1. The molecule has 0 aliphatic rings. The van der Waals surface area contributed by atoms with Crippen LogP contribution in [-0.2, 0) is 4.79 Å². The van der Waals surface area contributed by atoms with Crippen molar-refractivity contribution in [2.45, 2.75) is 6.10 Å². The molecule has 0 unspecified atom stereocenters. The molecule has 0 aliphatic carbocycles. The molecule has 1 aromatic rings. The maximum atomic E-state index is 11.6. The molecule has 1 atom stereocenters. The summed E-state index contributed by atoms with van der Waals surface area (Å²) in [4.78, 5) is 31.8. The second-order valence-electron chi connectivity index (χ2n) is 3.49. The number of carboxylic acids is 1. The van der Waals surface area contributed by atoms with Crippen LogP contribution in [0.25, 0.3) is 0 Å². The summed E-state index contributed by atoms with van der Waals surface area (Å²) in [6.45, 7) is -0.535. The predicted molar refractivity (Wildman–Crippen MR) is 64.1 cm³/mol. The zero-order valence-corrected chi connectivity index (χ0v) is 10.1. The van der Waals surface area contributed by atoms with Gasteiger partial charge in [0.1, 0.15) is 0 Å². The van der Waals surface area contributed by atoms with E-state index in [1.165, 1.54) is 6.07 Å². The zero-order chi connectivity index (χ0) is 14.6. The average Bonchev–Trinajstić information content (AvgIpc) is 2.35. The molecule has 0 radical (unpaired) electrons. The lowest BCUT2D eigenvalue weighted by molar-refractivity contribution is -0.384. The van der Waals surface area contributed by atoms with Gasteiger partial charge in [0.25, 0.3) is 11.6 Å². The van der Waals surface area contributed by atoms with E-state index < -0.39 is 29.4 Å². The van der Waals surface area contributed by atoms with E-state index in [4.69, 9.17) is 21.8 Å². The smallest absolute Gasteiger partial charge is 0.334 e. The highest BCUT2D eigenvalue weighted by molar-refractivity contribution is 6.33. The van der Waals surface area contributed by atoms with E-state index in [0.717, 1.165) is 12.1 Å². The fourth-order valence-electron chi connectivity index (χ4n) is 1.17. The van der Waals surface area contributed by atoms with Crippen molar-refractivity contribution in [3.63, 3.8) is 0 Å². The first-order valence-corrected chi connectivity index (χ1v) is 5.33. The van der Waals surface area contributed by atoms with Gasteiger partial charge < -0.3 is 15.5 Å². The minimum absolute atomic E-state index is 0.0204. The summed E-state index contributed by atoms with van der Waals surface area (Å²) in [6, 6.07) is 3.28. The molecule has 0 aromatic heterocycles. The van der Waals surface area contributed by atoms with E-state index in [0.29, 0.717) is 0 Å². The lowest BCUT2D eigenvalue weighted by Gasteiger charge is -2.08. The van der Waals surface area contributed by atoms with E-state index in [2.05, 4.69) is 5.32 Å². The normalized spacial score (nSPS) is 11.7. The van der Waals surface area contributed by atoms with Gasteiger partial charge in [0.2, 0.25) is 0 Å². The Balaban J connectivity index is 2.84. The van der Waals surface area contributed by atoms with Crippen LogP contribution in [0.4, 0.5) is 5.69 Å². The third-order valence-corrected chi connectivity index (χ3v) is 2.48. The van der Waals surface area contributed by atoms with Crippen LogP contribution < -0.4 is 5.32 Å². The third kappa shape index (κ3) is 3.90. The number of hydrogen-bond acceptors (Lipinski definition) is 5. The van der Waals surface area contributed by atoms with Gasteiger partial charge in [-0.25, -0.2) is 4.79 Å². The Morgan fingerprint density at radius 2 is 2.11 bits per heavy atom. The van der Waals surface area contributed by atoms with Crippen molar-refractivity contribution in [3.05, 3.63) is 38.9 Å². The summed E-state index contributed by atoms with van der Waals surface area (Å²) in [5.41, 5.74) is -0.498. The molecule has 1 aromatic carbocycles. The van der Waals surface area contributed by atoms with Crippen LogP contribution in [0.3, 0.4) is 0 Å². The predicted octanol–water partition coefficient (Wildman–Crippen LogP) is 0.424. The Hall–Kier alpha value is -2.19. The highest BCUT2D eigenvalue weighted by Gasteiger charge is 2.18. The first kappa shape index (κ1) is 14.9. The first-order valence-electron chi connectivity index (χ1n) is 4.96. The van der Waals surface area contributed by atoms with Gasteiger partial charge in [0, 0.05) is 12.1 Å². The number of nitro benzene ring substituents is 1. The van der Waals surface area contributed by atoms with E-state index in [9.17, 15) is 19.7 Å². The number of hydrogen-bond donors (Lipinski definition) is 3. The number of carbonyl (C=O) groups is 2. The molecule has 1 rings (SSSR count). The number of nitrogens with one attached hydrogen (secondary N) is 1. The molecule has 0 spiro atoms. The van der Waals surface area contributed by atoms with Crippen LogP contribution in [0.2, 0.25) is 5.02 Å². The Morgan fingerprint density at radius 3 is 2.63 bits per heavy atom. The number of nitrogens with zero attached hydrogens (tertiary/aromatic N) is 1. The van der Waals surface area contributed by atoms with E-state index in [-0.39, 0.29) is 16.3 Å². The van der Waals surface area contributed by atoms with Crippen molar-refractivity contribution in [1.82, 2.24) is 5.32 Å². The largest absolute Gasteiger partial charge is 0.479 e. The minimum Gasteiger partial charge on any atom is -0.479 e. The zero-order valence-electron chi connectivity index (χ0n) is 9.37. The maximum Gasteiger partial charge on any atom is 0.334 e. The maximum absolute atomic E-state index is 11.6. The van der Waals surface area contributed by atoms with Crippen molar-refractivity contribution in [3.8, 4) is 0 Å². The van der Waals surface area contributed by atoms with Gasteiger partial charge in [-0.2, -0.15) is 0 Å². The van der Waals surface area contributed by atoms with Crippen LogP contribution in [0.15, 0.2) is 18.2 Å². The molecule has 0 saturated heterocycles. The Morgan fingerprint density at radius 1 is 1.47 bits per heavy atom. The number of aliphatic hydroxyl groups is 1. The van der Waals surface area contributed by atoms with Gasteiger partial charge in [-0.15, -0.1) is 0 Å². The molecule has 0 bridgehead atoms. The van der Waals surface area contributed by atoms with Crippen molar-refractivity contribution in [2.75, 3.05) is 6.54 Å². The van der Waals surface area contributed by atoms with Crippen LogP contribution in [-0.4, -0.2) is 39.7 Å². The number of nitro groups is 1. The average molecular weight is 289 g/mol.